The average molecular weight is 391 g/mol. The van der Waals surface area contributed by atoms with Gasteiger partial charge in [0, 0.05) is 18.7 Å². The van der Waals surface area contributed by atoms with E-state index in [4.69, 9.17) is 35.4 Å². The summed E-state index contributed by atoms with van der Waals surface area (Å²) in [4.78, 5) is 16.0. The number of thiocarbonyl (C=S) groups is 1. The lowest BCUT2D eigenvalue weighted by Crippen LogP contribution is -2.45. The highest BCUT2D eigenvalue weighted by atomic mass is 35.5. The fraction of sp³-hybridized carbons (Fsp3) is 0.0714. The Bertz CT molecular complexity index is 799. The number of amides is 1. The Balaban J connectivity index is 2.51. The van der Waals surface area contributed by atoms with E-state index in [2.05, 4.69) is 21.2 Å². The molecule has 0 aliphatic carbocycles. The van der Waals surface area contributed by atoms with Crippen LogP contribution in [0.5, 0.6) is 0 Å². The van der Waals surface area contributed by atoms with Crippen LogP contribution in [0, 0.1) is 11.6 Å². The topological polar surface area (TPSA) is 66.0 Å². The van der Waals surface area contributed by atoms with E-state index in [9.17, 15) is 13.6 Å². The fourth-order valence-electron chi connectivity index (χ4n) is 1.90. The number of carbonyl (C=O) groups is 1. The maximum absolute atomic E-state index is 14.3. The lowest BCUT2D eigenvalue weighted by atomic mass is 9.99. The van der Waals surface area contributed by atoms with Gasteiger partial charge >= 0.3 is 0 Å². The molecule has 0 bridgehead atoms. The quantitative estimate of drug-likeness (QED) is 0.417. The summed E-state index contributed by atoms with van der Waals surface area (Å²) in [6, 6.07) is 4.17. The third-order valence-corrected chi connectivity index (χ3v) is 3.56. The zero-order valence-electron chi connectivity index (χ0n) is 12.1. The summed E-state index contributed by atoms with van der Waals surface area (Å²) in [5, 5.41) is 2.70. The molecule has 1 amide bonds. The van der Waals surface area contributed by atoms with Crippen LogP contribution < -0.4 is 16.2 Å². The van der Waals surface area contributed by atoms with Gasteiger partial charge in [-0.1, -0.05) is 23.2 Å². The predicted octanol–water partition coefficient (Wildman–Crippen LogP) is 3.07. The standard InChI is InChI=1S/C14H10Cl2F2N4OS/c1-19-14(24)22-21-13(23)8-4-7(17)5-9(18)12(8)6-2-10(15)20-11(16)3-6/h2-5H,1H3,(H,21,23)(H2,19,22,24). The minimum atomic E-state index is -0.949. The van der Waals surface area contributed by atoms with Crippen LogP contribution in [0.15, 0.2) is 24.3 Å². The largest absolute Gasteiger partial charge is 0.364 e. The van der Waals surface area contributed by atoms with Gasteiger partial charge in [-0.3, -0.25) is 15.6 Å². The second-order valence-electron chi connectivity index (χ2n) is 4.47. The molecule has 0 fully saturated rings. The SMILES string of the molecule is CNC(=S)NNC(=O)c1cc(F)cc(F)c1-c1cc(Cl)nc(Cl)c1. The number of carbonyl (C=O) groups excluding carboxylic acids is 1. The van der Waals surface area contributed by atoms with Gasteiger partial charge < -0.3 is 5.32 Å². The van der Waals surface area contributed by atoms with Crippen molar-refractivity contribution in [1.82, 2.24) is 21.2 Å². The third-order valence-electron chi connectivity index (χ3n) is 2.87. The van der Waals surface area contributed by atoms with Gasteiger partial charge in [0.1, 0.15) is 21.9 Å². The first-order valence-electron chi connectivity index (χ1n) is 6.42. The zero-order valence-corrected chi connectivity index (χ0v) is 14.4. The van der Waals surface area contributed by atoms with Gasteiger partial charge in [0.25, 0.3) is 5.91 Å². The van der Waals surface area contributed by atoms with Gasteiger partial charge in [0.05, 0.1) is 5.56 Å². The van der Waals surface area contributed by atoms with Crippen molar-refractivity contribution in [1.29, 1.82) is 0 Å². The molecule has 1 aromatic heterocycles. The molecule has 0 unspecified atom stereocenters. The number of nitrogens with zero attached hydrogens (tertiary/aromatic N) is 1. The van der Waals surface area contributed by atoms with Crippen molar-refractivity contribution in [2.75, 3.05) is 7.05 Å². The Morgan fingerprint density at radius 2 is 1.75 bits per heavy atom. The number of hydrazine groups is 1. The lowest BCUT2D eigenvalue weighted by Gasteiger charge is -2.13. The van der Waals surface area contributed by atoms with Crippen molar-refractivity contribution < 1.29 is 13.6 Å². The molecular formula is C14H10Cl2F2N4OS. The van der Waals surface area contributed by atoms with Crippen molar-refractivity contribution in [3.8, 4) is 11.1 Å². The number of hydrogen-bond acceptors (Lipinski definition) is 3. The zero-order chi connectivity index (χ0) is 17.9. The summed E-state index contributed by atoms with van der Waals surface area (Å²) in [6.07, 6.45) is 0. The highest BCUT2D eigenvalue weighted by Crippen LogP contribution is 2.31. The Labute approximate surface area is 151 Å². The summed E-state index contributed by atoms with van der Waals surface area (Å²) in [5.41, 5.74) is 4.36. The second-order valence-corrected chi connectivity index (χ2v) is 5.65. The van der Waals surface area contributed by atoms with Gasteiger partial charge in [0.2, 0.25) is 0 Å². The van der Waals surface area contributed by atoms with Gasteiger partial charge in [-0.05, 0) is 36.0 Å². The predicted molar refractivity (Wildman–Crippen MR) is 91.9 cm³/mol. The van der Waals surface area contributed by atoms with Crippen molar-refractivity contribution in [2.24, 2.45) is 0 Å². The molecule has 0 saturated heterocycles. The van der Waals surface area contributed by atoms with Crippen LogP contribution in [0.25, 0.3) is 11.1 Å². The highest BCUT2D eigenvalue weighted by Gasteiger charge is 2.20. The molecule has 24 heavy (non-hydrogen) atoms. The van der Waals surface area contributed by atoms with E-state index in [0.29, 0.717) is 6.07 Å². The average Bonchev–Trinajstić information content (AvgIpc) is 2.50. The molecule has 0 spiro atoms. The molecule has 2 aromatic rings. The van der Waals surface area contributed by atoms with Crippen molar-refractivity contribution in [3.05, 3.63) is 51.8 Å². The number of pyridine rings is 1. The molecule has 0 aliphatic heterocycles. The molecule has 126 valence electrons. The van der Waals surface area contributed by atoms with Crippen LogP contribution in [-0.2, 0) is 0 Å². The maximum atomic E-state index is 14.3. The summed E-state index contributed by atoms with van der Waals surface area (Å²) < 4.78 is 27.9. The van der Waals surface area contributed by atoms with Crippen LogP contribution in [-0.4, -0.2) is 23.1 Å². The van der Waals surface area contributed by atoms with Crippen LogP contribution in [0.4, 0.5) is 8.78 Å². The summed E-state index contributed by atoms with van der Waals surface area (Å²) in [5.74, 6) is -2.66. The number of benzene rings is 1. The van der Waals surface area contributed by atoms with E-state index in [1.807, 2.05) is 0 Å². The van der Waals surface area contributed by atoms with E-state index >= 15 is 0 Å². The van der Waals surface area contributed by atoms with Crippen LogP contribution in [0.1, 0.15) is 10.4 Å². The minimum Gasteiger partial charge on any atom is -0.364 e. The molecule has 2 rings (SSSR count). The molecular weight excluding hydrogens is 381 g/mol. The molecule has 10 heteroatoms. The first-order valence-corrected chi connectivity index (χ1v) is 7.58. The summed E-state index contributed by atoms with van der Waals surface area (Å²) >= 11 is 16.4. The number of hydrogen-bond donors (Lipinski definition) is 3. The summed E-state index contributed by atoms with van der Waals surface area (Å²) in [7, 11) is 1.54. The van der Waals surface area contributed by atoms with E-state index in [0.717, 1.165) is 6.07 Å². The summed E-state index contributed by atoms with van der Waals surface area (Å²) in [6.45, 7) is 0. The first-order chi connectivity index (χ1) is 11.3. The molecule has 0 saturated carbocycles. The molecule has 1 aromatic carbocycles. The van der Waals surface area contributed by atoms with Gasteiger partial charge in [-0.15, -0.1) is 0 Å². The number of aromatic nitrogens is 1. The van der Waals surface area contributed by atoms with Gasteiger partial charge in [-0.25, -0.2) is 13.8 Å². The van der Waals surface area contributed by atoms with E-state index in [-0.39, 0.29) is 32.1 Å². The van der Waals surface area contributed by atoms with Crippen LogP contribution in [0.2, 0.25) is 10.3 Å². The maximum Gasteiger partial charge on any atom is 0.270 e. The second kappa shape index (κ2) is 7.69. The van der Waals surface area contributed by atoms with Crippen molar-refractivity contribution in [3.63, 3.8) is 0 Å². The Morgan fingerprint density at radius 3 is 2.33 bits per heavy atom. The minimum absolute atomic E-state index is 0.00192. The van der Waals surface area contributed by atoms with Gasteiger partial charge in [0.15, 0.2) is 5.11 Å². The number of halogens is 4. The fourth-order valence-corrected chi connectivity index (χ4v) is 2.41. The highest BCUT2D eigenvalue weighted by molar-refractivity contribution is 7.80. The number of rotatable bonds is 2. The molecule has 3 N–H and O–H groups in total. The van der Waals surface area contributed by atoms with Crippen LogP contribution >= 0.6 is 35.4 Å². The van der Waals surface area contributed by atoms with E-state index < -0.39 is 17.5 Å². The van der Waals surface area contributed by atoms with E-state index in [1.165, 1.54) is 19.2 Å². The van der Waals surface area contributed by atoms with Crippen molar-refractivity contribution >= 4 is 46.4 Å². The molecule has 0 aliphatic rings. The first kappa shape index (κ1) is 18.3. The Hall–Kier alpha value is -2.03. The molecule has 0 atom stereocenters. The van der Waals surface area contributed by atoms with Crippen LogP contribution in [0.3, 0.4) is 0 Å². The lowest BCUT2D eigenvalue weighted by molar-refractivity contribution is 0.0943. The number of nitrogens with one attached hydrogen (secondary N) is 3. The Kier molecular flexibility index (Phi) is 5.87. The van der Waals surface area contributed by atoms with Gasteiger partial charge in [-0.2, -0.15) is 0 Å². The molecule has 1 heterocycles. The Morgan fingerprint density at radius 1 is 1.12 bits per heavy atom. The molecule has 0 radical (unpaired) electrons. The monoisotopic (exact) mass is 390 g/mol. The molecule has 5 nitrogen and oxygen atoms in total. The third kappa shape index (κ3) is 4.28. The van der Waals surface area contributed by atoms with Crippen molar-refractivity contribution in [2.45, 2.75) is 0 Å². The normalized spacial score (nSPS) is 10.2. The smallest absolute Gasteiger partial charge is 0.270 e. The van der Waals surface area contributed by atoms with E-state index in [1.54, 1.807) is 0 Å².